The zero-order valence-corrected chi connectivity index (χ0v) is 68.9. The van der Waals surface area contributed by atoms with E-state index in [4.69, 9.17) is 0 Å². The van der Waals surface area contributed by atoms with Gasteiger partial charge in [-0.1, -0.05) is 133 Å². The molecule has 0 saturated carbocycles. The summed E-state index contributed by atoms with van der Waals surface area (Å²) in [6, 6.07) is 93.7. The Morgan fingerprint density at radius 1 is 0.193 bits per heavy atom. The predicted octanol–water partition coefficient (Wildman–Crippen LogP) is 9.54. The summed E-state index contributed by atoms with van der Waals surface area (Å²) in [6.07, 6.45) is 17.7. The van der Waals surface area contributed by atoms with Gasteiger partial charge in [-0.05, 0) is 170 Å². The Balaban J connectivity index is 0.000000268. The van der Waals surface area contributed by atoms with Crippen LogP contribution in [0.25, 0.3) is 101 Å². The molecule has 0 atom stereocenters. The van der Waals surface area contributed by atoms with Crippen molar-refractivity contribution in [2.24, 2.45) is 0 Å². The van der Waals surface area contributed by atoms with Gasteiger partial charge in [0, 0.05) is 106 Å². The number of fused-ring (bicyclic) bond motifs is 4. The normalized spacial score (nSPS) is 9.44. The third-order valence-corrected chi connectivity index (χ3v) is 15.0. The second-order valence-electron chi connectivity index (χ2n) is 22.4. The quantitative estimate of drug-likeness (QED) is 0.0976. The number of nitrogens with one attached hydrogen (secondary N) is 4. The molecule has 0 amide bonds. The summed E-state index contributed by atoms with van der Waals surface area (Å²) in [5.74, 6) is -4.70. The van der Waals surface area contributed by atoms with E-state index >= 15 is 0 Å². The van der Waals surface area contributed by atoms with E-state index in [0.29, 0.717) is 0 Å². The van der Waals surface area contributed by atoms with Crippen LogP contribution in [-0.2, 0) is 54.6 Å². The summed E-state index contributed by atoms with van der Waals surface area (Å²) < 4.78 is 0. The minimum atomic E-state index is -1.17. The van der Waals surface area contributed by atoms with Crippen molar-refractivity contribution in [3.8, 4) is 56.9 Å². The molecule has 26 nitrogen and oxygen atoms in total. The molecule has 562 valence electrons. The smallest absolute Gasteiger partial charge is 0.543 e. The summed E-state index contributed by atoms with van der Waals surface area (Å²) in [5, 5.41) is 45.3. The third-order valence-electron chi connectivity index (χ3n) is 15.0. The summed E-state index contributed by atoms with van der Waals surface area (Å²) in [6.45, 7) is 0. The number of hydrogen-bond donors (Lipinski definition) is 4. The minimum absolute atomic E-state index is 0. The average Bonchev–Trinajstić information content (AvgIpc) is 1.71. The Labute approximate surface area is 693 Å². The fourth-order valence-electron chi connectivity index (χ4n) is 9.88. The van der Waals surface area contributed by atoms with Crippen LogP contribution in [0.15, 0.2) is 365 Å². The van der Waals surface area contributed by atoms with E-state index in [-0.39, 0.29) is 99.3 Å². The first kappa shape index (κ1) is 92.5. The molecule has 14 aromatic heterocycles. The Morgan fingerprint density at radius 3 is 0.421 bits per heavy atom. The summed E-state index contributed by atoms with van der Waals surface area (Å²) in [4.78, 5) is 94.5. The fourth-order valence-corrected chi connectivity index (χ4v) is 9.88. The van der Waals surface area contributed by atoms with E-state index in [2.05, 4.69) is 69.8 Å². The van der Waals surface area contributed by atoms with Crippen LogP contribution < -0.4 is 20.4 Å². The number of rotatable bonds is 9. The molecule has 0 radical (unpaired) electrons. The second kappa shape index (κ2) is 50.0. The number of carboxylic acid groups (broad SMARTS) is 4. The molecule has 0 bridgehead atoms. The molecule has 18 rings (SSSR count). The van der Waals surface area contributed by atoms with Crippen LogP contribution in [0.1, 0.15) is 42.0 Å². The zero-order chi connectivity index (χ0) is 75.3. The minimum Gasteiger partial charge on any atom is -0.543 e. The first-order valence-corrected chi connectivity index (χ1v) is 33.2. The topological polar surface area (TPSA) is 479 Å². The van der Waals surface area contributed by atoms with Crippen LogP contribution in [0.5, 0.6) is 0 Å². The Kier molecular flexibility index (Phi) is 40.6. The Morgan fingerprint density at radius 2 is 0.316 bits per heavy atom. The van der Waals surface area contributed by atoms with E-state index in [1.54, 1.807) is 86.2 Å². The molecule has 0 aliphatic heterocycles. The summed E-state index contributed by atoms with van der Waals surface area (Å²) >= 11 is 0. The van der Waals surface area contributed by atoms with Crippen LogP contribution >= 0.6 is 0 Å². The second-order valence-corrected chi connectivity index (χ2v) is 22.4. The van der Waals surface area contributed by atoms with E-state index < -0.39 is 23.9 Å². The zero-order valence-electron chi connectivity index (χ0n) is 60.8. The molecule has 4 aromatic carbocycles. The molecule has 14 heterocycles. The number of benzene rings is 4. The molecule has 0 spiro atoms. The van der Waals surface area contributed by atoms with Crippen LogP contribution in [-0.4, -0.2) is 116 Å². The van der Waals surface area contributed by atoms with Crippen molar-refractivity contribution in [3.63, 3.8) is 0 Å². The van der Waals surface area contributed by atoms with Crippen molar-refractivity contribution in [1.29, 1.82) is 0 Å². The van der Waals surface area contributed by atoms with Crippen LogP contribution in [0.2, 0.25) is 0 Å². The maximum atomic E-state index is 10.4. The molecule has 0 unspecified atom stereocenters. The van der Waals surface area contributed by atoms with Gasteiger partial charge in [0.25, 0.3) is 0 Å². The molecule has 0 aliphatic carbocycles. The van der Waals surface area contributed by atoms with Crippen molar-refractivity contribution in [2.75, 3.05) is 0 Å². The number of hydrogen-bond acceptors (Lipinski definition) is 18. The molecule has 0 fully saturated rings. The van der Waals surface area contributed by atoms with Gasteiger partial charge in [-0.2, -0.15) is 0 Å². The van der Waals surface area contributed by atoms with Gasteiger partial charge in [-0.3, -0.25) is 49.8 Å². The average molecular weight is 1720 g/mol. The third kappa shape index (κ3) is 29.2. The number of para-hydroxylation sites is 4. The van der Waals surface area contributed by atoms with Gasteiger partial charge in [0.2, 0.25) is 0 Å². The number of nitrogens with zero attached hydrogens (tertiary/aromatic N) is 10. The first-order valence-electron chi connectivity index (χ1n) is 33.2. The predicted molar refractivity (Wildman–Crippen MR) is 422 cm³/mol. The van der Waals surface area contributed by atoms with Crippen molar-refractivity contribution < 1.29 is 116 Å². The number of H-pyrrole nitrogens is 4. The monoisotopic (exact) mass is 1720 g/mol. The van der Waals surface area contributed by atoms with Crippen molar-refractivity contribution >= 4 is 67.5 Å². The van der Waals surface area contributed by atoms with Crippen molar-refractivity contribution in [2.45, 2.75) is 0 Å². The number of aromatic amines is 4. The van der Waals surface area contributed by atoms with E-state index in [0.717, 1.165) is 101 Å². The van der Waals surface area contributed by atoms with Gasteiger partial charge in [0.05, 0.1) is 104 Å². The molecule has 28 heteroatoms. The number of aromatic carboxylic acids is 4. The number of pyridine rings is 10. The van der Waals surface area contributed by atoms with Crippen LogP contribution in [0.4, 0.5) is 0 Å². The molecule has 18 aromatic rings. The molecule has 0 saturated heterocycles. The van der Waals surface area contributed by atoms with Gasteiger partial charge in [0.15, 0.2) is 0 Å². The van der Waals surface area contributed by atoms with Gasteiger partial charge in [-0.15, -0.1) is 0 Å². The van der Waals surface area contributed by atoms with Crippen molar-refractivity contribution in [3.05, 3.63) is 388 Å². The summed E-state index contributed by atoms with van der Waals surface area (Å²) in [5.41, 5.74) is 12.9. The molecule has 0 aliphatic rings. The van der Waals surface area contributed by atoms with Gasteiger partial charge in [0.1, 0.15) is 0 Å². The van der Waals surface area contributed by atoms with Crippen LogP contribution in [0.3, 0.4) is 0 Å². The Bertz CT molecular complexity index is 4640. The standard InChI is InChI=1S/5C10H8N2.4C9H7NO2.2Cd.4H2O/c5*1-3-7-11-9(5-1)10-6-2-4-8-12-10;4*11-9(12)8-5-6-3-1-2-4-7(6)10-8;;;;;;/h5*1-8H;4*1-5,10H,(H,11,12);;;4*1H2/q;;;;;;;;;2*+2;;;;/p-4. The SMILES string of the molecule is O.O.O.O.O=C([O-])c1cc2ccccc2[nH]1.O=C([O-])c1cc2ccccc2[nH]1.O=C([O-])c1cc2ccccc2[nH]1.O=C([O-])c1cc2ccccc2[nH]1.[Cd+2].[Cd+2].c1ccc(-c2ccccn2)nc1.c1ccc(-c2ccccn2)nc1.c1ccc(-c2ccccn2)nc1.c1ccc(-c2ccccn2)nc1.c1ccc(-c2ccccn2)nc1. The number of carbonyl (C=O) groups is 4. The molecule has 12 N–H and O–H groups in total. The van der Waals surface area contributed by atoms with Gasteiger partial charge < -0.3 is 81.4 Å². The van der Waals surface area contributed by atoms with Crippen LogP contribution in [0, 0.1) is 0 Å². The van der Waals surface area contributed by atoms with Gasteiger partial charge in [-0.25, -0.2) is 0 Å². The molecular weight excluding hydrogens is 1650 g/mol. The number of aromatic nitrogens is 14. The van der Waals surface area contributed by atoms with Crippen molar-refractivity contribution in [1.82, 2.24) is 69.8 Å². The number of carboxylic acids is 4. The first-order chi connectivity index (χ1) is 52.9. The molecule has 114 heavy (non-hydrogen) atoms. The maximum Gasteiger partial charge on any atom is 2.00 e. The van der Waals surface area contributed by atoms with Gasteiger partial charge >= 0.3 is 54.6 Å². The maximum absolute atomic E-state index is 10.4. The fraction of sp³-hybridized carbons (Fsp3) is 0. The van der Waals surface area contributed by atoms with E-state index in [1.807, 2.05) is 279 Å². The molecular formula is C86H72Cd2N14O12. The summed E-state index contributed by atoms with van der Waals surface area (Å²) in [7, 11) is 0. The van der Waals surface area contributed by atoms with E-state index in [1.165, 1.54) is 0 Å². The largest absolute Gasteiger partial charge is 2.00 e. The van der Waals surface area contributed by atoms with E-state index in [9.17, 15) is 39.6 Å². The number of carbonyl (C=O) groups excluding carboxylic acids is 4. The Hall–Kier alpha value is -13.9.